The zero-order valence-electron chi connectivity index (χ0n) is 6.86. The van der Waals surface area contributed by atoms with Gasteiger partial charge in [-0.1, -0.05) is 12.1 Å². The van der Waals surface area contributed by atoms with Gasteiger partial charge in [-0.3, -0.25) is 0 Å². The summed E-state index contributed by atoms with van der Waals surface area (Å²) in [4.78, 5) is 0. The van der Waals surface area contributed by atoms with Crippen molar-refractivity contribution >= 4 is 0 Å². The molecule has 0 amide bonds. The minimum Gasteiger partial charge on any atom is -0.0558 e. The lowest BCUT2D eigenvalue weighted by Gasteiger charge is -2.04. The van der Waals surface area contributed by atoms with Gasteiger partial charge in [-0.25, -0.2) is 0 Å². The molecule has 0 saturated carbocycles. The number of aryl methyl sites for hydroxylation is 3. The molecule has 0 fully saturated rings. The molecule has 0 heterocycles. The van der Waals surface area contributed by atoms with Gasteiger partial charge in [0.25, 0.3) is 0 Å². The molecule has 53 valence electrons. The molecular formula is C10H13. The Morgan fingerprint density at radius 2 is 1.40 bits per heavy atom. The molecule has 0 aromatic heterocycles. The lowest BCUT2D eigenvalue weighted by molar-refractivity contribution is 1.28. The summed E-state index contributed by atoms with van der Waals surface area (Å²) in [7, 11) is 0. The Kier molecular flexibility index (Phi) is 1.80. The largest absolute Gasteiger partial charge is 0.0558 e. The minimum absolute atomic E-state index is 1.14. The molecule has 0 N–H and O–H groups in total. The van der Waals surface area contributed by atoms with Gasteiger partial charge < -0.3 is 0 Å². The highest BCUT2D eigenvalue weighted by molar-refractivity contribution is 5.37. The van der Waals surface area contributed by atoms with Crippen molar-refractivity contribution in [3.05, 3.63) is 41.3 Å². The number of hydrogen-bond donors (Lipinski definition) is 0. The molecule has 0 aliphatic rings. The summed E-state index contributed by atoms with van der Waals surface area (Å²) >= 11 is 0. The van der Waals surface area contributed by atoms with E-state index in [2.05, 4.69) is 39.8 Å². The number of hydrogen-bond acceptors (Lipinski definition) is 0. The van der Waals surface area contributed by atoms with Crippen LogP contribution in [0.3, 0.4) is 0 Å². The van der Waals surface area contributed by atoms with Crippen LogP contribution in [0, 0.1) is 27.7 Å². The predicted molar refractivity (Wildman–Crippen MR) is 45.1 cm³/mol. The fraction of sp³-hybridized carbons (Fsp3) is 0.300. The van der Waals surface area contributed by atoms with E-state index in [1.54, 1.807) is 0 Å². The molecule has 0 unspecified atom stereocenters. The third kappa shape index (κ3) is 1.21. The Labute approximate surface area is 62.9 Å². The molecule has 1 aromatic carbocycles. The van der Waals surface area contributed by atoms with E-state index in [1.807, 2.05) is 0 Å². The molecule has 0 aliphatic carbocycles. The van der Waals surface area contributed by atoms with Gasteiger partial charge in [0, 0.05) is 0 Å². The summed E-state index contributed by atoms with van der Waals surface area (Å²) in [5.41, 5.74) is 5.10. The normalized spacial score (nSPS) is 10.0. The van der Waals surface area contributed by atoms with Crippen molar-refractivity contribution < 1.29 is 0 Å². The van der Waals surface area contributed by atoms with Crippen LogP contribution in [-0.4, -0.2) is 0 Å². The zero-order chi connectivity index (χ0) is 7.72. The van der Waals surface area contributed by atoms with E-state index < -0.39 is 0 Å². The highest BCUT2D eigenvalue weighted by Crippen LogP contribution is 2.13. The van der Waals surface area contributed by atoms with Crippen molar-refractivity contribution in [2.45, 2.75) is 20.8 Å². The molecule has 0 nitrogen and oxygen atoms in total. The Hall–Kier alpha value is -0.780. The van der Waals surface area contributed by atoms with Crippen LogP contribution in [0.15, 0.2) is 12.1 Å². The zero-order valence-corrected chi connectivity index (χ0v) is 6.86. The molecular weight excluding hydrogens is 120 g/mol. The van der Waals surface area contributed by atoms with E-state index in [0.717, 1.165) is 5.56 Å². The van der Waals surface area contributed by atoms with Crippen molar-refractivity contribution in [1.29, 1.82) is 0 Å². The molecule has 1 rings (SSSR count). The highest BCUT2D eigenvalue weighted by atomic mass is 14.0. The fourth-order valence-electron chi connectivity index (χ4n) is 1.02. The molecule has 0 spiro atoms. The third-order valence-corrected chi connectivity index (χ3v) is 1.95. The van der Waals surface area contributed by atoms with Crippen molar-refractivity contribution in [3.63, 3.8) is 0 Å². The van der Waals surface area contributed by atoms with Gasteiger partial charge in [-0.15, -0.1) is 0 Å². The SMILES string of the molecule is [CH2]c1cc(C)c(C)cc1C. The van der Waals surface area contributed by atoms with E-state index >= 15 is 0 Å². The van der Waals surface area contributed by atoms with Crippen LogP contribution in [0.2, 0.25) is 0 Å². The van der Waals surface area contributed by atoms with Crippen LogP contribution >= 0.6 is 0 Å². The summed E-state index contributed by atoms with van der Waals surface area (Å²) in [6.07, 6.45) is 0. The van der Waals surface area contributed by atoms with E-state index in [9.17, 15) is 0 Å². The second-order valence-corrected chi connectivity index (χ2v) is 2.86. The van der Waals surface area contributed by atoms with Gasteiger partial charge in [-0.2, -0.15) is 0 Å². The molecule has 0 saturated heterocycles. The first kappa shape index (κ1) is 7.33. The molecule has 0 aliphatic heterocycles. The van der Waals surface area contributed by atoms with Crippen molar-refractivity contribution in [3.8, 4) is 0 Å². The summed E-state index contributed by atoms with van der Waals surface area (Å²) in [5.74, 6) is 0. The van der Waals surface area contributed by atoms with E-state index in [-0.39, 0.29) is 0 Å². The molecule has 1 radical (unpaired) electrons. The average molecular weight is 133 g/mol. The Balaban J connectivity index is 3.28. The average Bonchev–Trinajstić information content (AvgIpc) is 1.84. The van der Waals surface area contributed by atoms with Gasteiger partial charge >= 0.3 is 0 Å². The van der Waals surface area contributed by atoms with Crippen molar-refractivity contribution in [2.75, 3.05) is 0 Å². The monoisotopic (exact) mass is 133 g/mol. The predicted octanol–water partition coefficient (Wildman–Crippen LogP) is 2.79. The highest BCUT2D eigenvalue weighted by Gasteiger charge is 1.95. The van der Waals surface area contributed by atoms with Crippen LogP contribution in [0.4, 0.5) is 0 Å². The van der Waals surface area contributed by atoms with Crippen LogP contribution in [-0.2, 0) is 0 Å². The lowest BCUT2D eigenvalue weighted by Crippen LogP contribution is -1.86. The first-order valence-electron chi connectivity index (χ1n) is 3.51. The summed E-state index contributed by atoms with van der Waals surface area (Å²) in [5, 5.41) is 0. The molecule has 0 heteroatoms. The smallest absolute Gasteiger partial charge is 0.0235 e. The van der Waals surface area contributed by atoms with Gasteiger partial charge in [0.15, 0.2) is 0 Å². The second-order valence-electron chi connectivity index (χ2n) is 2.86. The Bertz CT molecular complexity index is 196. The lowest BCUT2D eigenvalue weighted by atomic mass is 10.0. The maximum Gasteiger partial charge on any atom is -0.0235 e. The maximum absolute atomic E-state index is 3.92. The summed E-state index contributed by atoms with van der Waals surface area (Å²) < 4.78 is 0. The topological polar surface area (TPSA) is 0 Å². The van der Waals surface area contributed by atoms with Crippen molar-refractivity contribution in [2.24, 2.45) is 0 Å². The van der Waals surface area contributed by atoms with Crippen LogP contribution in [0.25, 0.3) is 0 Å². The van der Waals surface area contributed by atoms with E-state index in [4.69, 9.17) is 0 Å². The molecule has 0 atom stereocenters. The van der Waals surface area contributed by atoms with Crippen LogP contribution in [0.5, 0.6) is 0 Å². The van der Waals surface area contributed by atoms with Crippen molar-refractivity contribution in [1.82, 2.24) is 0 Å². The van der Waals surface area contributed by atoms with Gasteiger partial charge in [0.2, 0.25) is 0 Å². The van der Waals surface area contributed by atoms with E-state index in [1.165, 1.54) is 16.7 Å². The molecule has 1 aromatic rings. The number of benzene rings is 1. The first-order chi connectivity index (χ1) is 4.61. The number of rotatable bonds is 0. The molecule has 0 bridgehead atoms. The Morgan fingerprint density at radius 1 is 0.900 bits per heavy atom. The first-order valence-corrected chi connectivity index (χ1v) is 3.51. The van der Waals surface area contributed by atoms with E-state index in [0.29, 0.717) is 0 Å². The second kappa shape index (κ2) is 2.45. The minimum atomic E-state index is 1.14. The summed E-state index contributed by atoms with van der Waals surface area (Å²) in [6.45, 7) is 10.3. The van der Waals surface area contributed by atoms with Gasteiger partial charge in [0.05, 0.1) is 0 Å². The van der Waals surface area contributed by atoms with Gasteiger partial charge in [-0.05, 0) is 49.9 Å². The fourth-order valence-corrected chi connectivity index (χ4v) is 1.02. The maximum atomic E-state index is 3.92. The standard InChI is InChI=1S/C10H13/c1-7-5-9(3)10(4)6-8(7)2/h5-6H,1H2,2-4H3. The van der Waals surface area contributed by atoms with Crippen LogP contribution in [0.1, 0.15) is 22.3 Å². The van der Waals surface area contributed by atoms with Gasteiger partial charge in [0.1, 0.15) is 0 Å². The van der Waals surface area contributed by atoms with Crippen LogP contribution < -0.4 is 0 Å². The third-order valence-electron chi connectivity index (χ3n) is 1.95. The quantitative estimate of drug-likeness (QED) is 0.510. The molecule has 10 heavy (non-hydrogen) atoms. The summed E-state index contributed by atoms with van der Waals surface area (Å²) in [6, 6.07) is 4.31. The Morgan fingerprint density at radius 3 is 1.90 bits per heavy atom.